The Morgan fingerprint density at radius 1 is 1.22 bits per heavy atom. The molecule has 2 rings (SSSR count). The van der Waals surface area contributed by atoms with Crippen LogP contribution < -0.4 is 16.2 Å². The van der Waals surface area contributed by atoms with E-state index < -0.39 is 0 Å². The SMILES string of the molecule is CCn1c(C)cc(N2CCCCCC2)c(N)c1=O. The Morgan fingerprint density at radius 2 is 1.83 bits per heavy atom. The van der Waals surface area contributed by atoms with Crippen molar-refractivity contribution in [2.75, 3.05) is 23.7 Å². The number of nitrogen functional groups attached to an aromatic ring is 1. The second-order valence-corrected chi connectivity index (χ2v) is 5.04. The number of rotatable bonds is 2. The number of aryl methyl sites for hydroxylation is 1. The van der Waals surface area contributed by atoms with Crippen molar-refractivity contribution < 1.29 is 0 Å². The maximum Gasteiger partial charge on any atom is 0.276 e. The van der Waals surface area contributed by atoms with Gasteiger partial charge in [0.25, 0.3) is 5.56 Å². The summed E-state index contributed by atoms with van der Waals surface area (Å²) >= 11 is 0. The Labute approximate surface area is 108 Å². The molecular formula is C14H23N3O. The third-order valence-electron chi connectivity index (χ3n) is 3.79. The molecule has 1 aliphatic heterocycles. The van der Waals surface area contributed by atoms with Gasteiger partial charge in [0.1, 0.15) is 5.69 Å². The molecule has 0 aliphatic carbocycles. The number of aromatic nitrogens is 1. The zero-order valence-corrected chi connectivity index (χ0v) is 11.4. The summed E-state index contributed by atoms with van der Waals surface area (Å²) in [6.45, 7) is 6.65. The minimum Gasteiger partial charge on any atom is -0.393 e. The molecule has 1 fully saturated rings. The summed E-state index contributed by atoms with van der Waals surface area (Å²) in [6.07, 6.45) is 4.94. The average molecular weight is 249 g/mol. The fourth-order valence-electron chi connectivity index (χ4n) is 2.73. The van der Waals surface area contributed by atoms with Gasteiger partial charge >= 0.3 is 0 Å². The normalized spacial score (nSPS) is 16.7. The van der Waals surface area contributed by atoms with E-state index in [4.69, 9.17) is 5.73 Å². The second kappa shape index (κ2) is 5.46. The van der Waals surface area contributed by atoms with Crippen molar-refractivity contribution in [3.63, 3.8) is 0 Å². The third kappa shape index (κ3) is 2.37. The van der Waals surface area contributed by atoms with Gasteiger partial charge in [-0.25, -0.2) is 0 Å². The van der Waals surface area contributed by atoms with E-state index in [2.05, 4.69) is 11.0 Å². The molecule has 1 aromatic rings. The largest absolute Gasteiger partial charge is 0.393 e. The van der Waals surface area contributed by atoms with Crippen molar-refractivity contribution in [1.82, 2.24) is 4.57 Å². The first-order valence-corrected chi connectivity index (χ1v) is 6.90. The predicted octanol–water partition coefficient (Wildman–Crippen LogP) is 2.14. The van der Waals surface area contributed by atoms with Gasteiger partial charge in [-0.1, -0.05) is 12.8 Å². The molecule has 0 unspecified atom stereocenters. The van der Waals surface area contributed by atoms with Crippen molar-refractivity contribution in [1.29, 1.82) is 0 Å². The highest BCUT2D eigenvalue weighted by molar-refractivity contribution is 5.67. The summed E-state index contributed by atoms with van der Waals surface area (Å²) in [5.41, 5.74) is 8.33. The van der Waals surface area contributed by atoms with Gasteiger partial charge in [0.15, 0.2) is 0 Å². The predicted molar refractivity (Wildman–Crippen MR) is 76.2 cm³/mol. The summed E-state index contributed by atoms with van der Waals surface area (Å²) in [5, 5.41) is 0. The van der Waals surface area contributed by atoms with E-state index in [0.717, 1.165) is 24.5 Å². The maximum atomic E-state index is 12.2. The first-order chi connectivity index (χ1) is 8.65. The smallest absolute Gasteiger partial charge is 0.276 e. The van der Waals surface area contributed by atoms with Crippen LogP contribution in [0.15, 0.2) is 10.9 Å². The van der Waals surface area contributed by atoms with Crippen molar-refractivity contribution in [2.45, 2.75) is 46.1 Å². The summed E-state index contributed by atoms with van der Waals surface area (Å²) in [6, 6.07) is 2.06. The molecule has 0 amide bonds. The Hall–Kier alpha value is -1.45. The molecule has 100 valence electrons. The van der Waals surface area contributed by atoms with Crippen molar-refractivity contribution in [3.8, 4) is 0 Å². The first kappa shape index (κ1) is 13.0. The van der Waals surface area contributed by atoms with Gasteiger partial charge in [-0.15, -0.1) is 0 Å². The maximum absolute atomic E-state index is 12.2. The van der Waals surface area contributed by atoms with Gasteiger partial charge in [0.05, 0.1) is 5.69 Å². The van der Waals surface area contributed by atoms with Gasteiger partial charge in [-0.2, -0.15) is 0 Å². The lowest BCUT2D eigenvalue weighted by molar-refractivity contribution is 0.698. The van der Waals surface area contributed by atoms with Gasteiger partial charge in [-0.05, 0) is 32.8 Å². The molecule has 0 atom stereocenters. The van der Waals surface area contributed by atoms with Crippen LogP contribution in [0.1, 0.15) is 38.3 Å². The molecule has 0 spiro atoms. The minimum atomic E-state index is -0.0447. The number of pyridine rings is 1. The van der Waals surface area contributed by atoms with Crippen molar-refractivity contribution >= 4 is 11.4 Å². The average Bonchev–Trinajstić information content (AvgIpc) is 2.63. The van der Waals surface area contributed by atoms with E-state index in [1.54, 1.807) is 4.57 Å². The highest BCUT2D eigenvalue weighted by Gasteiger charge is 2.16. The van der Waals surface area contributed by atoms with Crippen LogP contribution in [-0.4, -0.2) is 17.7 Å². The lowest BCUT2D eigenvalue weighted by Gasteiger charge is -2.25. The van der Waals surface area contributed by atoms with Crippen LogP contribution in [-0.2, 0) is 6.54 Å². The number of nitrogens with zero attached hydrogens (tertiary/aromatic N) is 2. The number of hydrogen-bond donors (Lipinski definition) is 1. The molecule has 2 N–H and O–H groups in total. The minimum absolute atomic E-state index is 0.0447. The fraction of sp³-hybridized carbons (Fsp3) is 0.643. The van der Waals surface area contributed by atoms with Gasteiger partial charge in [0.2, 0.25) is 0 Å². The van der Waals surface area contributed by atoms with Crippen LogP contribution in [0.3, 0.4) is 0 Å². The van der Waals surface area contributed by atoms with E-state index in [-0.39, 0.29) is 5.56 Å². The summed E-state index contributed by atoms with van der Waals surface area (Å²) in [5.74, 6) is 0. The van der Waals surface area contributed by atoms with Gasteiger partial charge in [-0.3, -0.25) is 4.79 Å². The van der Waals surface area contributed by atoms with Crippen LogP contribution in [0.25, 0.3) is 0 Å². The van der Waals surface area contributed by atoms with E-state index in [1.165, 1.54) is 25.7 Å². The van der Waals surface area contributed by atoms with Crippen LogP contribution in [0.2, 0.25) is 0 Å². The zero-order chi connectivity index (χ0) is 13.1. The van der Waals surface area contributed by atoms with Crippen LogP contribution in [0.4, 0.5) is 11.4 Å². The zero-order valence-electron chi connectivity index (χ0n) is 11.4. The summed E-state index contributed by atoms with van der Waals surface area (Å²) in [4.78, 5) is 14.5. The molecule has 4 nitrogen and oxygen atoms in total. The molecule has 1 saturated heterocycles. The van der Waals surface area contributed by atoms with E-state index in [0.29, 0.717) is 12.2 Å². The molecule has 4 heteroatoms. The van der Waals surface area contributed by atoms with Crippen molar-refractivity contribution in [3.05, 3.63) is 22.1 Å². The number of nitrogens with two attached hydrogens (primary N) is 1. The van der Waals surface area contributed by atoms with E-state index in [1.807, 2.05) is 13.8 Å². The van der Waals surface area contributed by atoms with Crippen LogP contribution in [0, 0.1) is 6.92 Å². The molecule has 2 heterocycles. The standard InChI is InChI=1S/C14H23N3O/c1-3-17-11(2)10-12(13(15)14(17)18)16-8-6-4-5-7-9-16/h10H,3-9,15H2,1-2H3. The van der Waals surface area contributed by atoms with Crippen LogP contribution in [0.5, 0.6) is 0 Å². The Kier molecular flexibility index (Phi) is 3.94. The molecule has 0 bridgehead atoms. The van der Waals surface area contributed by atoms with Gasteiger partial charge < -0.3 is 15.2 Å². The Balaban J connectivity index is 2.41. The van der Waals surface area contributed by atoms with E-state index in [9.17, 15) is 4.79 Å². The molecule has 0 aromatic carbocycles. The molecule has 0 radical (unpaired) electrons. The third-order valence-corrected chi connectivity index (χ3v) is 3.79. The fourth-order valence-corrected chi connectivity index (χ4v) is 2.73. The summed E-state index contributed by atoms with van der Waals surface area (Å²) < 4.78 is 1.73. The lowest BCUT2D eigenvalue weighted by atomic mass is 10.2. The molecule has 1 aliphatic rings. The monoisotopic (exact) mass is 249 g/mol. The molecule has 0 saturated carbocycles. The highest BCUT2D eigenvalue weighted by atomic mass is 16.1. The lowest BCUT2D eigenvalue weighted by Crippen LogP contribution is -2.31. The van der Waals surface area contributed by atoms with Crippen LogP contribution >= 0.6 is 0 Å². The Morgan fingerprint density at radius 3 is 2.39 bits per heavy atom. The second-order valence-electron chi connectivity index (χ2n) is 5.04. The van der Waals surface area contributed by atoms with Gasteiger partial charge in [0, 0.05) is 25.3 Å². The van der Waals surface area contributed by atoms with E-state index >= 15 is 0 Å². The van der Waals surface area contributed by atoms with Crippen molar-refractivity contribution in [2.24, 2.45) is 0 Å². The summed E-state index contributed by atoms with van der Waals surface area (Å²) in [7, 11) is 0. The highest BCUT2D eigenvalue weighted by Crippen LogP contribution is 2.24. The number of hydrogen-bond acceptors (Lipinski definition) is 3. The molecular weight excluding hydrogens is 226 g/mol. The first-order valence-electron chi connectivity index (χ1n) is 6.90. The molecule has 1 aromatic heterocycles. The topological polar surface area (TPSA) is 51.3 Å². The quantitative estimate of drug-likeness (QED) is 0.873. The molecule has 18 heavy (non-hydrogen) atoms. The number of anilines is 2. The Bertz CT molecular complexity index is 471.